The SMILES string of the molecule is C=C(C#Cc1ccc(Cl)cc1)C(F)(F)F. The molecule has 0 aliphatic carbocycles. The molecule has 0 heterocycles. The summed E-state index contributed by atoms with van der Waals surface area (Å²) in [7, 11) is 0. The van der Waals surface area contributed by atoms with Gasteiger partial charge in [-0.15, -0.1) is 0 Å². The van der Waals surface area contributed by atoms with E-state index < -0.39 is 11.7 Å². The molecule has 1 aromatic carbocycles. The summed E-state index contributed by atoms with van der Waals surface area (Å²) in [6.07, 6.45) is -4.46. The molecule has 1 aromatic rings. The molecule has 0 aromatic heterocycles. The zero-order valence-electron chi connectivity index (χ0n) is 7.53. The summed E-state index contributed by atoms with van der Waals surface area (Å²) >= 11 is 5.60. The Hall–Kier alpha value is -1.40. The third kappa shape index (κ3) is 3.69. The molecule has 0 aliphatic rings. The molecule has 0 atom stereocenters. The van der Waals surface area contributed by atoms with Crippen molar-refractivity contribution >= 4 is 11.6 Å². The molecule has 1 rings (SSSR count). The van der Waals surface area contributed by atoms with Gasteiger partial charge in [-0.05, 0) is 24.3 Å². The number of allylic oxidation sites excluding steroid dienone is 1. The van der Waals surface area contributed by atoms with E-state index in [0.717, 1.165) is 0 Å². The Bertz CT molecular complexity index is 418. The van der Waals surface area contributed by atoms with Gasteiger partial charge < -0.3 is 0 Å². The van der Waals surface area contributed by atoms with Gasteiger partial charge in [0.05, 0.1) is 5.57 Å². The molecule has 0 saturated carbocycles. The minimum absolute atomic E-state index is 0.463. The maximum absolute atomic E-state index is 12.0. The summed E-state index contributed by atoms with van der Waals surface area (Å²) in [5.41, 5.74) is -0.595. The minimum Gasteiger partial charge on any atom is -0.165 e. The van der Waals surface area contributed by atoms with Crippen LogP contribution in [0.2, 0.25) is 5.02 Å². The molecule has 0 radical (unpaired) electrons. The van der Waals surface area contributed by atoms with Crippen molar-refractivity contribution in [1.82, 2.24) is 0 Å². The van der Waals surface area contributed by atoms with Crippen LogP contribution in [0.1, 0.15) is 5.56 Å². The smallest absolute Gasteiger partial charge is 0.165 e. The van der Waals surface area contributed by atoms with Crippen LogP contribution in [-0.2, 0) is 0 Å². The van der Waals surface area contributed by atoms with Crippen molar-refractivity contribution in [3.05, 3.63) is 47.0 Å². The maximum atomic E-state index is 12.0. The number of halogens is 4. The van der Waals surface area contributed by atoms with E-state index in [4.69, 9.17) is 11.6 Å². The third-order valence-corrected chi connectivity index (χ3v) is 1.80. The summed E-state index contributed by atoms with van der Waals surface area (Å²) in [4.78, 5) is 0. The van der Waals surface area contributed by atoms with Crippen LogP contribution in [0.3, 0.4) is 0 Å². The van der Waals surface area contributed by atoms with Gasteiger partial charge in [-0.1, -0.05) is 30.0 Å². The second kappa shape index (κ2) is 4.41. The van der Waals surface area contributed by atoms with E-state index in [2.05, 4.69) is 12.5 Å². The highest BCUT2D eigenvalue weighted by molar-refractivity contribution is 6.30. The highest BCUT2D eigenvalue weighted by Gasteiger charge is 2.30. The van der Waals surface area contributed by atoms with Gasteiger partial charge >= 0.3 is 6.18 Å². The van der Waals surface area contributed by atoms with Crippen LogP contribution in [0.5, 0.6) is 0 Å². The zero-order valence-corrected chi connectivity index (χ0v) is 8.28. The van der Waals surface area contributed by atoms with Gasteiger partial charge in [-0.25, -0.2) is 0 Å². The molecule has 0 unspecified atom stereocenters. The average molecular weight is 231 g/mol. The lowest BCUT2D eigenvalue weighted by Crippen LogP contribution is -2.08. The topological polar surface area (TPSA) is 0 Å². The van der Waals surface area contributed by atoms with Crippen LogP contribution in [0, 0.1) is 11.8 Å². The number of benzene rings is 1. The molecule has 0 N–H and O–H groups in total. The van der Waals surface area contributed by atoms with Gasteiger partial charge in [-0.2, -0.15) is 13.2 Å². The molecule has 0 amide bonds. The van der Waals surface area contributed by atoms with Crippen LogP contribution in [0.15, 0.2) is 36.4 Å². The van der Waals surface area contributed by atoms with Crippen molar-refractivity contribution < 1.29 is 13.2 Å². The van der Waals surface area contributed by atoms with Gasteiger partial charge in [0.25, 0.3) is 0 Å². The predicted octanol–water partition coefficient (Wildman–Crippen LogP) is 3.81. The fourth-order valence-corrected chi connectivity index (χ4v) is 0.878. The van der Waals surface area contributed by atoms with Crippen LogP contribution >= 0.6 is 11.6 Å². The van der Waals surface area contributed by atoms with Gasteiger partial charge in [0.15, 0.2) is 0 Å². The lowest BCUT2D eigenvalue weighted by atomic mass is 10.2. The summed E-state index contributed by atoms with van der Waals surface area (Å²) in [5, 5.41) is 0.509. The molecule has 0 spiro atoms. The van der Waals surface area contributed by atoms with Crippen LogP contribution in [0.4, 0.5) is 13.2 Å². The fraction of sp³-hybridized carbons (Fsp3) is 0.0909. The van der Waals surface area contributed by atoms with E-state index in [0.29, 0.717) is 10.6 Å². The Morgan fingerprint density at radius 1 is 1.20 bits per heavy atom. The Labute approximate surface area is 90.4 Å². The van der Waals surface area contributed by atoms with Crippen molar-refractivity contribution in [2.75, 3.05) is 0 Å². The zero-order chi connectivity index (χ0) is 11.5. The molecule has 0 fully saturated rings. The lowest BCUT2D eigenvalue weighted by Gasteiger charge is -2.01. The van der Waals surface area contributed by atoms with E-state index in [1.165, 1.54) is 0 Å². The molecule has 0 aliphatic heterocycles. The van der Waals surface area contributed by atoms with Crippen molar-refractivity contribution in [3.63, 3.8) is 0 Å². The van der Waals surface area contributed by atoms with Crippen molar-refractivity contribution in [2.45, 2.75) is 6.18 Å². The second-order valence-corrected chi connectivity index (χ2v) is 3.17. The number of rotatable bonds is 0. The fourth-order valence-electron chi connectivity index (χ4n) is 0.752. The summed E-state index contributed by atoms with van der Waals surface area (Å²) < 4.78 is 36.0. The number of hydrogen-bond donors (Lipinski definition) is 0. The molecular weight excluding hydrogens is 225 g/mol. The lowest BCUT2D eigenvalue weighted by molar-refractivity contribution is -0.0868. The maximum Gasteiger partial charge on any atom is 0.423 e. The van der Waals surface area contributed by atoms with Gasteiger partial charge in [0.2, 0.25) is 0 Å². The van der Waals surface area contributed by atoms with E-state index in [9.17, 15) is 13.2 Å². The molecule has 0 bridgehead atoms. The van der Waals surface area contributed by atoms with Gasteiger partial charge in [-0.3, -0.25) is 0 Å². The highest BCUT2D eigenvalue weighted by atomic mass is 35.5. The second-order valence-electron chi connectivity index (χ2n) is 2.73. The number of hydrogen-bond acceptors (Lipinski definition) is 0. The van der Waals surface area contributed by atoms with Crippen LogP contribution in [0.25, 0.3) is 0 Å². The molecule has 78 valence electrons. The molecular formula is C11H6ClF3. The Balaban J connectivity index is 2.83. The van der Waals surface area contributed by atoms with Crippen molar-refractivity contribution in [1.29, 1.82) is 0 Å². The first kappa shape index (κ1) is 11.7. The summed E-state index contributed by atoms with van der Waals surface area (Å²) in [5.74, 6) is 4.30. The first-order chi connectivity index (χ1) is 6.89. The summed E-state index contributed by atoms with van der Waals surface area (Å²) in [6.45, 7) is 2.83. The first-order valence-corrected chi connectivity index (χ1v) is 4.31. The predicted molar refractivity (Wildman–Crippen MR) is 53.5 cm³/mol. The van der Waals surface area contributed by atoms with Crippen molar-refractivity contribution in [3.8, 4) is 11.8 Å². The number of alkyl halides is 3. The quantitative estimate of drug-likeness (QED) is 0.595. The first-order valence-electron chi connectivity index (χ1n) is 3.93. The minimum atomic E-state index is -4.46. The summed E-state index contributed by atoms with van der Waals surface area (Å²) in [6, 6.07) is 6.20. The molecule has 15 heavy (non-hydrogen) atoms. The Morgan fingerprint density at radius 3 is 2.20 bits per heavy atom. The van der Waals surface area contributed by atoms with Crippen LogP contribution < -0.4 is 0 Å². The Kier molecular flexibility index (Phi) is 3.43. The van der Waals surface area contributed by atoms with E-state index in [-0.39, 0.29) is 0 Å². The van der Waals surface area contributed by atoms with Gasteiger partial charge in [0.1, 0.15) is 0 Å². The standard InChI is InChI=1S/C11H6ClF3/c1-8(11(13,14)15)2-3-9-4-6-10(12)7-5-9/h4-7H,1H2. The molecule has 4 heteroatoms. The normalized spacial score (nSPS) is 10.4. The Morgan fingerprint density at radius 2 is 1.73 bits per heavy atom. The third-order valence-electron chi connectivity index (χ3n) is 1.54. The van der Waals surface area contributed by atoms with E-state index in [1.807, 2.05) is 5.92 Å². The highest BCUT2D eigenvalue weighted by Crippen LogP contribution is 2.23. The molecule has 0 saturated heterocycles. The average Bonchev–Trinajstić information content (AvgIpc) is 2.15. The monoisotopic (exact) mass is 230 g/mol. The molecule has 0 nitrogen and oxygen atoms in total. The van der Waals surface area contributed by atoms with E-state index >= 15 is 0 Å². The van der Waals surface area contributed by atoms with Crippen molar-refractivity contribution in [2.24, 2.45) is 0 Å². The van der Waals surface area contributed by atoms with E-state index in [1.54, 1.807) is 24.3 Å². The largest absolute Gasteiger partial charge is 0.423 e. The van der Waals surface area contributed by atoms with Gasteiger partial charge in [0, 0.05) is 10.6 Å². The van der Waals surface area contributed by atoms with Crippen LogP contribution in [-0.4, -0.2) is 6.18 Å².